The summed E-state index contributed by atoms with van der Waals surface area (Å²) in [5.41, 5.74) is 8.62. The number of nitrogens with two attached hydrogens (primary N) is 1. The Hall–Kier alpha value is -0.740. The standard InChI is InChI=1S/C13H16BrNO2/c1-7(2)10-8(13(15)3-4-13)5-9(14)11-12(10)17-6-16-11/h5,7H,3-4,6,15H2,1-2H3. The van der Waals surface area contributed by atoms with E-state index < -0.39 is 0 Å². The lowest BCUT2D eigenvalue weighted by molar-refractivity contribution is 0.172. The van der Waals surface area contributed by atoms with Crippen LogP contribution in [0.15, 0.2) is 10.5 Å². The van der Waals surface area contributed by atoms with Gasteiger partial charge in [0, 0.05) is 11.1 Å². The topological polar surface area (TPSA) is 44.5 Å². The summed E-state index contributed by atoms with van der Waals surface area (Å²) in [6.45, 7) is 4.63. The predicted octanol–water partition coefficient (Wildman–Crippen LogP) is 3.25. The molecular formula is C13H16BrNO2. The Morgan fingerprint density at radius 3 is 2.53 bits per heavy atom. The van der Waals surface area contributed by atoms with E-state index in [9.17, 15) is 0 Å². The molecule has 0 radical (unpaired) electrons. The molecule has 3 nitrogen and oxygen atoms in total. The van der Waals surface area contributed by atoms with Crippen LogP contribution in [-0.2, 0) is 5.54 Å². The van der Waals surface area contributed by atoms with Gasteiger partial charge in [0.15, 0.2) is 11.5 Å². The van der Waals surface area contributed by atoms with Crippen LogP contribution in [0.1, 0.15) is 43.7 Å². The van der Waals surface area contributed by atoms with Gasteiger partial charge in [-0.15, -0.1) is 0 Å². The Bertz CT molecular complexity index is 481. The Morgan fingerprint density at radius 2 is 1.94 bits per heavy atom. The highest BCUT2D eigenvalue weighted by atomic mass is 79.9. The largest absolute Gasteiger partial charge is 0.453 e. The summed E-state index contributed by atoms with van der Waals surface area (Å²) in [5.74, 6) is 2.08. The quantitative estimate of drug-likeness (QED) is 0.911. The van der Waals surface area contributed by atoms with E-state index in [1.165, 1.54) is 11.1 Å². The minimum Gasteiger partial charge on any atom is -0.453 e. The fraction of sp³-hybridized carbons (Fsp3) is 0.538. The molecule has 0 saturated heterocycles. The maximum atomic E-state index is 6.35. The van der Waals surface area contributed by atoms with Crippen LogP contribution in [0.3, 0.4) is 0 Å². The second-order valence-electron chi connectivity index (χ2n) is 5.20. The van der Waals surface area contributed by atoms with Gasteiger partial charge in [-0.05, 0) is 46.3 Å². The van der Waals surface area contributed by atoms with Crippen molar-refractivity contribution < 1.29 is 9.47 Å². The minimum atomic E-state index is -0.150. The van der Waals surface area contributed by atoms with Crippen LogP contribution in [0, 0.1) is 0 Å². The van der Waals surface area contributed by atoms with E-state index in [0.29, 0.717) is 12.7 Å². The van der Waals surface area contributed by atoms with E-state index in [1.54, 1.807) is 0 Å². The maximum Gasteiger partial charge on any atom is 0.231 e. The Balaban J connectivity index is 2.24. The summed E-state index contributed by atoms with van der Waals surface area (Å²) >= 11 is 3.54. The van der Waals surface area contributed by atoms with Crippen molar-refractivity contribution in [1.82, 2.24) is 0 Å². The van der Waals surface area contributed by atoms with E-state index in [4.69, 9.17) is 15.2 Å². The van der Waals surface area contributed by atoms with Crippen LogP contribution < -0.4 is 15.2 Å². The van der Waals surface area contributed by atoms with Crippen molar-refractivity contribution >= 4 is 15.9 Å². The number of hydrogen-bond acceptors (Lipinski definition) is 3. The van der Waals surface area contributed by atoms with E-state index in [2.05, 4.69) is 35.8 Å². The molecule has 3 rings (SSSR count). The van der Waals surface area contributed by atoms with Crippen molar-refractivity contribution in [3.63, 3.8) is 0 Å². The zero-order chi connectivity index (χ0) is 12.2. The van der Waals surface area contributed by atoms with Gasteiger partial charge in [0.05, 0.1) is 4.47 Å². The molecule has 0 spiro atoms. The summed E-state index contributed by atoms with van der Waals surface area (Å²) in [7, 11) is 0. The van der Waals surface area contributed by atoms with E-state index >= 15 is 0 Å². The lowest BCUT2D eigenvalue weighted by Crippen LogP contribution is -2.21. The molecule has 2 aliphatic rings. The SMILES string of the molecule is CC(C)c1c(C2(N)CC2)cc(Br)c2c1OCO2. The van der Waals surface area contributed by atoms with Gasteiger partial charge in [-0.25, -0.2) is 0 Å². The molecule has 0 bridgehead atoms. The van der Waals surface area contributed by atoms with Gasteiger partial charge < -0.3 is 15.2 Å². The fourth-order valence-electron chi connectivity index (χ4n) is 2.44. The second-order valence-corrected chi connectivity index (χ2v) is 6.05. The van der Waals surface area contributed by atoms with E-state index in [0.717, 1.165) is 28.8 Å². The average Bonchev–Trinajstić information content (AvgIpc) is 2.83. The third-order valence-electron chi connectivity index (χ3n) is 3.54. The lowest BCUT2D eigenvalue weighted by Gasteiger charge is -2.20. The van der Waals surface area contributed by atoms with E-state index in [1.807, 2.05) is 0 Å². The summed E-state index contributed by atoms with van der Waals surface area (Å²) in [4.78, 5) is 0. The van der Waals surface area contributed by atoms with Crippen LogP contribution in [0.25, 0.3) is 0 Å². The van der Waals surface area contributed by atoms with Crippen molar-refractivity contribution in [3.05, 3.63) is 21.7 Å². The van der Waals surface area contributed by atoms with Gasteiger partial charge >= 0.3 is 0 Å². The van der Waals surface area contributed by atoms with Crippen molar-refractivity contribution in [2.45, 2.75) is 38.1 Å². The van der Waals surface area contributed by atoms with Crippen molar-refractivity contribution in [3.8, 4) is 11.5 Å². The molecular weight excluding hydrogens is 282 g/mol. The number of hydrogen-bond donors (Lipinski definition) is 1. The van der Waals surface area contributed by atoms with Crippen LogP contribution in [0.5, 0.6) is 11.5 Å². The molecule has 17 heavy (non-hydrogen) atoms. The molecule has 0 aromatic heterocycles. The molecule has 4 heteroatoms. The normalized spacial score (nSPS) is 19.8. The third kappa shape index (κ3) is 1.66. The second kappa shape index (κ2) is 3.62. The third-order valence-corrected chi connectivity index (χ3v) is 4.13. The lowest BCUT2D eigenvalue weighted by atomic mass is 9.90. The summed E-state index contributed by atoms with van der Waals surface area (Å²) in [5, 5.41) is 0. The Morgan fingerprint density at radius 1 is 1.29 bits per heavy atom. The number of benzene rings is 1. The first-order valence-corrected chi connectivity index (χ1v) is 6.73. The first-order valence-electron chi connectivity index (χ1n) is 5.94. The van der Waals surface area contributed by atoms with Gasteiger partial charge in [0.2, 0.25) is 6.79 Å². The van der Waals surface area contributed by atoms with Crippen molar-refractivity contribution in [1.29, 1.82) is 0 Å². The van der Waals surface area contributed by atoms with Crippen LogP contribution in [0.2, 0.25) is 0 Å². The van der Waals surface area contributed by atoms with Gasteiger partial charge in [-0.3, -0.25) is 0 Å². The minimum absolute atomic E-state index is 0.150. The van der Waals surface area contributed by atoms with Gasteiger partial charge in [0.25, 0.3) is 0 Å². The van der Waals surface area contributed by atoms with Crippen LogP contribution in [0.4, 0.5) is 0 Å². The summed E-state index contributed by atoms with van der Waals surface area (Å²) < 4.78 is 12.1. The van der Waals surface area contributed by atoms with Crippen molar-refractivity contribution in [2.24, 2.45) is 5.73 Å². The first-order chi connectivity index (χ1) is 8.03. The molecule has 2 N–H and O–H groups in total. The smallest absolute Gasteiger partial charge is 0.231 e. The van der Waals surface area contributed by atoms with Gasteiger partial charge in [0.1, 0.15) is 0 Å². The molecule has 1 heterocycles. The number of halogens is 1. The molecule has 1 aromatic rings. The molecule has 0 amide bonds. The highest BCUT2D eigenvalue weighted by Gasteiger charge is 2.44. The van der Waals surface area contributed by atoms with Gasteiger partial charge in [-0.1, -0.05) is 13.8 Å². The highest BCUT2D eigenvalue weighted by Crippen LogP contribution is 2.53. The average molecular weight is 298 g/mol. The Kier molecular flexibility index (Phi) is 2.42. The van der Waals surface area contributed by atoms with Crippen LogP contribution >= 0.6 is 15.9 Å². The summed E-state index contributed by atoms with van der Waals surface area (Å²) in [6.07, 6.45) is 2.11. The molecule has 1 fully saturated rings. The summed E-state index contributed by atoms with van der Waals surface area (Å²) in [6, 6.07) is 2.11. The molecule has 1 aliphatic heterocycles. The van der Waals surface area contributed by atoms with E-state index in [-0.39, 0.29) is 5.54 Å². The molecule has 1 aromatic carbocycles. The zero-order valence-corrected chi connectivity index (χ0v) is 11.6. The molecule has 92 valence electrons. The fourth-order valence-corrected chi connectivity index (χ4v) is 2.96. The molecule has 0 unspecified atom stereocenters. The molecule has 1 saturated carbocycles. The number of fused-ring (bicyclic) bond motifs is 1. The zero-order valence-electron chi connectivity index (χ0n) is 10.0. The molecule has 0 atom stereocenters. The monoisotopic (exact) mass is 297 g/mol. The Labute approximate surface area is 109 Å². The number of ether oxygens (including phenoxy) is 2. The highest BCUT2D eigenvalue weighted by molar-refractivity contribution is 9.10. The van der Waals surface area contributed by atoms with Crippen molar-refractivity contribution in [2.75, 3.05) is 6.79 Å². The maximum absolute atomic E-state index is 6.35. The number of rotatable bonds is 2. The molecule has 1 aliphatic carbocycles. The van der Waals surface area contributed by atoms with Crippen LogP contribution in [-0.4, -0.2) is 6.79 Å². The first kappa shape index (κ1) is 11.4. The van der Waals surface area contributed by atoms with Gasteiger partial charge in [-0.2, -0.15) is 0 Å². The predicted molar refractivity (Wildman–Crippen MR) is 69.5 cm³/mol.